The highest BCUT2D eigenvalue weighted by molar-refractivity contribution is 5.77. The van der Waals surface area contributed by atoms with Crippen molar-refractivity contribution in [1.82, 2.24) is 10.2 Å². The highest BCUT2D eigenvalue weighted by Gasteiger charge is 2.32. The summed E-state index contributed by atoms with van der Waals surface area (Å²) in [5.41, 5.74) is 0. The van der Waals surface area contributed by atoms with E-state index in [0.717, 1.165) is 5.76 Å². The third-order valence-electron chi connectivity index (χ3n) is 3.82. The molecule has 0 saturated carbocycles. The fraction of sp³-hybridized carbons (Fsp3) is 0.600. The SMILES string of the molecule is Cc1ccc(C(C)NC(=O)N2CC(C)CC(C(=O)O)C2)o1. The summed E-state index contributed by atoms with van der Waals surface area (Å²) in [5.74, 6) is 0.353. The zero-order chi connectivity index (χ0) is 15.6. The monoisotopic (exact) mass is 294 g/mol. The van der Waals surface area contributed by atoms with E-state index in [1.165, 1.54) is 0 Å². The van der Waals surface area contributed by atoms with Crippen LogP contribution in [0.15, 0.2) is 16.5 Å². The van der Waals surface area contributed by atoms with Crippen LogP contribution in [0, 0.1) is 18.8 Å². The number of rotatable bonds is 3. The van der Waals surface area contributed by atoms with Gasteiger partial charge in [0.05, 0.1) is 12.0 Å². The van der Waals surface area contributed by atoms with Crippen molar-refractivity contribution in [3.05, 3.63) is 23.7 Å². The maximum Gasteiger partial charge on any atom is 0.318 e. The van der Waals surface area contributed by atoms with Gasteiger partial charge in [-0.05, 0) is 38.3 Å². The molecular formula is C15H22N2O4. The predicted octanol–water partition coefficient (Wildman–Crippen LogP) is 2.40. The van der Waals surface area contributed by atoms with Crippen molar-refractivity contribution >= 4 is 12.0 Å². The minimum atomic E-state index is -0.839. The van der Waals surface area contributed by atoms with E-state index in [9.17, 15) is 9.59 Å². The molecular weight excluding hydrogens is 272 g/mol. The number of carboxylic acids is 1. The molecule has 2 N–H and O–H groups in total. The highest BCUT2D eigenvalue weighted by atomic mass is 16.4. The van der Waals surface area contributed by atoms with Gasteiger partial charge in [-0.15, -0.1) is 0 Å². The van der Waals surface area contributed by atoms with E-state index in [1.807, 2.05) is 32.9 Å². The van der Waals surface area contributed by atoms with Gasteiger partial charge in [-0.2, -0.15) is 0 Å². The molecule has 0 radical (unpaired) electrons. The minimum absolute atomic E-state index is 0.187. The summed E-state index contributed by atoms with van der Waals surface area (Å²) in [6.07, 6.45) is 0.617. The third-order valence-corrected chi connectivity index (χ3v) is 3.82. The topological polar surface area (TPSA) is 82.8 Å². The van der Waals surface area contributed by atoms with E-state index < -0.39 is 11.9 Å². The first kappa shape index (κ1) is 15.4. The highest BCUT2D eigenvalue weighted by Crippen LogP contribution is 2.23. The van der Waals surface area contributed by atoms with Crippen LogP contribution in [0.3, 0.4) is 0 Å². The van der Waals surface area contributed by atoms with E-state index >= 15 is 0 Å². The number of nitrogens with zero attached hydrogens (tertiary/aromatic N) is 1. The number of carboxylic acid groups (broad SMARTS) is 1. The van der Waals surface area contributed by atoms with Crippen LogP contribution in [0.1, 0.15) is 37.8 Å². The average molecular weight is 294 g/mol. The van der Waals surface area contributed by atoms with Gasteiger partial charge in [0.2, 0.25) is 0 Å². The van der Waals surface area contributed by atoms with Crippen molar-refractivity contribution in [1.29, 1.82) is 0 Å². The Hall–Kier alpha value is -1.98. The van der Waals surface area contributed by atoms with Crippen molar-refractivity contribution in [2.45, 2.75) is 33.2 Å². The van der Waals surface area contributed by atoms with Gasteiger partial charge in [-0.1, -0.05) is 6.92 Å². The lowest BCUT2D eigenvalue weighted by molar-refractivity contribution is -0.143. The summed E-state index contributed by atoms with van der Waals surface area (Å²) in [6.45, 7) is 6.50. The maximum absolute atomic E-state index is 12.3. The lowest BCUT2D eigenvalue weighted by Gasteiger charge is -2.35. The fourth-order valence-electron chi connectivity index (χ4n) is 2.73. The Balaban J connectivity index is 1.97. The molecule has 1 aliphatic rings. The predicted molar refractivity (Wildman–Crippen MR) is 76.9 cm³/mol. The quantitative estimate of drug-likeness (QED) is 0.896. The molecule has 2 heterocycles. The number of hydrogen-bond donors (Lipinski definition) is 2. The molecule has 0 spiro atoms. The number of hydrogen-bond acceptors (Lipinski definition) is 3. The van der Waals surface area contributed by atoms with Crippen molar-refractivity contribution in [2.24, 2.45) is 11.8 Å². The van der Waals surface area contributed by atoms with Crippen LogP contribution in [-0.4, -0.2) is 35.1 Å². The molecule has 1 fully saturated rings. The van der Waals surface area contributed by atoms with Crippen molar-refractivity contribution < 1.29 is 19.1 Å². The van der Waals surface area contributed by atoms with Crippen LogP contribution in [0.25, 0.3) is 0 Å². The number of carbonyl (C=O) groups excluding carboxylic acids is 1. The molecule has 116 valence electrons. The lowest BCUT2D eigenvalue weighted by atomic mass is 9.91. The van der Waals surface area contributed by atoms with E-state index in [1.54, 1.807) is 4.90 Å². The Bertz CT molecular complexity index is 525. The number of furan rings is 1. The molecule has 6 heteroatoms. The Labute approximate surface area is 124 Å². The molecule has 1 aromatic heterocycles. The van der Waals surface area contributed by atoms with Gasteiger partial charge >= 0.3 is 12.0 Å². The molecule has 6 nitrogen and oxygen atoms in total. The second kappa shape index (κ2) is 6.20. The summed E-state index contributed by atoms with van der Waals surface area (Å²) in [5, 5.41) is 12.0. The molecule has 1 aromatic rings. The molecule has 0 bridgehead atoms. The van der Waals surface area contributed by atoms with Crippen LogP contribution in [0.5, 0.6) is 0 Å². The van der Waals surface area contributed by atoms with Crippen LogP contribution in [0.4, 0.5) is 4.79 Å². The average Bonchev–Trinajstić information content (AvgIpc) is 2.84. The van der Waals surface area contributed by atoms with Gasteiger partial charge in [0, 0.05) is 13.1 Å². The number of piperidine rings is 1. The molecule has 21 heavy (non-hydrogen) atoms. The maximum atomic E-state index is 12.3. The molecule has 2 rings (SSSR count). The summed E-state index contributed by atoms with van der Waals surface area (Å²) < 4.78 is 5.49. The number of aliphatic carboxylic acids is 1. The summed E-state index contributed by atoms with van der Waals surface area (Å²) >= 11 is 0. The summed E-state index contributed by atoms with van der Waals surface area (Å²) in [7, 11) is 0. The van der Waals surface area contributed by atoms with E-state index in [2.05, 4.69) is 5.32 Å². The second-order valence-electron chi connectivity index (χ2n) is 5.90. The van der Waals surface area contributed by atoms with Crippen molar-refractivity contribution in [3.63, 3.8) is 0 Å². The molecule has 3 unspecified atom stereocenters. The van der Waals surface area contributed by atoms with Gasteiger partial charge in [0.1, 0.15) is 11.5 Å². The van der Waals surface area contributed by atoms with Crippen LogP contribution in [0.2, 0.25) is 0 Å². The van der Waals surface area contributed by atoms with Crippen LogP contribution >= 0.6 is 0 Å². The lowest BCUT2D eigenvalue weighted by Crippen LogP contribution is -2.49. The molecule has 1 aliphatic heterocycles. The van der Waals surface area contributed by atoms with Crippen LogP contribution < -0.4 is 5.32 Å². The number of nitrogens with one attached hydrogen (secondary N) is 1. The first-order valence-corrected chi connectivity index (χ1v) is 7.21. The first-order chi connectivity index (χ1) is 9.86. The van der Waals surface area contributed by atoms with Gasteiger partial charge in [0.15, 0.2) is 0 Å². The minimum Gasteiger partial charge on any atom is -0.481 e. The van der Waals surface area contributed by atoms with Gasteiger partial charge < -0.3 is 19.7 Å². The zero-order valence-electron chi connectivity index (χ0n) is 12.6. The van der Waals surface area contributed by atoms with Crippen molar-refractivity contribution in [2.75, 3.05) is 13.1 Å². The van der Waals surface area contributed by atoms with E-state index in [0.29, 0.717) is 18.7 Å². The van der Waals surface area contributed by atoms with Gasteiger partial charge in [-0.3, -0.25) is 4.79 Å². The molecule has 3 atom stereocenters. The van der Waals surface area contributed by atoms with Crippen molar-refractivity contribution in [3.8, 4) is 0 Å². The largest absolute Gasteiger partial charge is 0.481 e. The summed E-state index contributed by atoms with van der Waals surface area (Å²) in [4.78, 5) is 25.0. The Kier molecular flexibility index (Phi) is 4.55. The van der Waals surface area contributed by atoms with E-state index in [4.69, 9.17) is 9.52 Å². The fourth-order valence-corrected chi connectivity index (χ4v) is 2.73. The number of urea groups is 1. The Morgan fingerprint density at radius 1 is 1.43 bits per heavy atom. The Morgan fingerprint density at radius 3 is 2.71 bits per heavy atom. The molecule has 1 saturated heterocycles. The number of amides is 2. The Morgan fingerprint density at radius 2 is 2.14 bits per heavy atom. The number of aryl methyl sites for hydroxylation is 1. The molecule has 0 aromatic carbocycles. The first-order valence-electron chi connectivity index (χ1n) is 7.21. The smallest absolute Gasteiger partial charge is 0.318 e. The number of likely N-dealkylation sites (tertiary alicyclic amines) is 1. The zero-order valence-corrected chi connectivity index (χ0v) is 12.6. The van der Waals surface area contributed by atoms with Gasteiger partial charge in [0.25, 0.3) is 0 Å². The third kappa shape index (κ3) is 3.77. The summed E-state index contributed by atoms with van der Waals surface area (Å²) in [6, 6.07) is 3.20. The standard InChI is InChI=1S/C15H22N2O4/c1-9-6-12(14(18)19)8-17(7-9)15(20)16-11(3)13-5-4-10(2)21-13/h4-5,9,11-12H,6-8H2,1-3H3,(H,16,20)(H,18,19). The normalized spacial score (nSPS) is 23.7. The second-order valence-corrected chi connectivity index (χ2v) is 5.90. The molecule has 0 aliphatic carbocycles. The number of carbonyl (C=O) groups is 2. The molecule has 2 amide bonds. The van der Waals surface area contributed by atoms with Gasteiger partial charge in [-0.25, -0.2) is 4.79 Å². The van der Waals surface area contributed by atoms with E-state index in [-0.39, 0.29) is 24.5 Å². The van der Waals surface area contributed by atoms with Crippen LogP contribution in [-0.2, 0) is 4.79 Å².